The van der Waals surface area contributed by atoms with Crippen LogP contribution in [-0.2, 0) is 21.5 Å². The number of carboxylic acid groups (broad SMARTS) is 1. The molecule has 0 spiro atoms. The summed E-state index contributed by atoms with van der Waals surface area (Å²) in [6, 6.07) is 13.0. The molecule has 27 heavy (non-hydrogen) atoms. The molecule has 1 aromatic carbocycles. The van der Waals surface area contributed by atoms with E-state index in [1.807, 2.05) is 73.3 Å². The van der Waals surface area contributed by atoms with E-state index < -0.39 is 23.0 Å². The maximum Gasteiger partial charge on any atom is 0.314 e. The Morgan fingerprint density at radius 1 is 1.15 bits per heavy atom. The quantitative estimate of drug-likeness (QED) is 0.845. The average Bonchev–Trinajstić information content (AvgIpc) is 3.19. The fraction of sp³-hybridized carbons (Fsp3) is 0.429. The summed E-state index contributed by atoms with van der Waals surface area (Å²) < 4.78 is 1.82. The van der Waals surface area contributed by atoms with E-state index in [0.717, 1.165) is 5.56 Å². The lowest BCUT2D eigenvalue weighted by atomic mass is 9.72. The van der Waals surface area contributed by atoms with Gasteiger partial charge in [-0.05, 0) is 44.4 Å². The van der Waals surface area contributed by atoms with Crippen molar-refractivity contribution in [3.63, 3.8) is 0 Å². The smallest absolute Gasteiger partial charge is 0.314 e. The number of benzene rings is 1. The predicted octanol–water partition coefficient (Wildman–Crippen LogP) is 2.13. The van der Waals surface area contributed by atoms with Crippen molar-refractivity contribution in [2.75, 3.05) is 13.1 Å². The molecule has 1 fully saturated rings. The molecule has 6 nitrogen and oxygen atoms in total. The van der Waals surface area contributed by atoms with Crippen LogP contribution in [-0.4, -0.2) is 50.8 Å². The molecule has 1 amide bonds. The van der Waals surface area contributed by atoms with Crippen molar-refractivity contribution in [3.05, 3.63) is 60.4 Å². The van der Waals surface area contributed by atoms with Crippen LogP contribution >= 0.6 is 0 Å². The number of carboxylic acids is 1. The van der Waals surface area contributed by atoms with Gasteiger partial charge in [0, 0.05) is 25.5 Å². The van der Waals surface area contributed by atoms with Crippen LogP contribution in [0.3, 0.4) is 0 Å². The van der Waals surface area contributed by atoms with Gasteiger partial charge in [0.2, 0.25) is 5.91 Å². The van der Waals surface area contributed by atoms with Gasteiger partial charge in [0.15, 0.2) is 0 Å². The number of likely N-dealkylation sites (tertiary alicyclic amines) is 1. The summed E-state index contributed by atoms with van der Waals surface area (Å²) in [5.74, 6) is -1.22. The molecule has 1 aliphatic rings. The Morgan fingerprint density at radius 2 is 1.78 bits per heavy atom. The predicted molar refractivity (Wildman–Crippen MR) is 101 cm³/mol. The average molecular weight is 370 g/mol. The van der Waals surface area contributed by atoms with Gasteiger partial charge in [0.25, 0.3) is 0 Å². The standard InChI is InChI=1S/C21H26N2O4/c1-20(2,23-11-6-7-12-23)18(25)22-13-10-17(24)21(15-22,19(26)27)14-16-8-4-3-5-9-16/h3-9,11-12,17,24H,10,13-15H2,1-2H3,(H,26,27)/t17-,21-/m0/s1. The molecule has 6 heteroatoms. The second kappa shape index (κ2) is 7.19. The van der Waals surface area contributed by atoms with Crippen molar-refractivity contribution >= 4 is 11.9 Å². The van der Waals surface area contributed by atoms with Crippen molar-refractivity contribution in [2.24, 2.45) is 5.41 Å². The van der Waals surface area contributed by atoms with Crippen LogP contribution in [0.1, 0.15) is 25.8 Å². The van der Waals surface area contributed by atoms with Crippen molar-refractivity contribution in [2.45, 2.75) is 38.3 Å². The molecule has 2 N–H and O–H groups in total. The minimum atomic E-state index is -1.41. The number of aliphatic carboxylic acids is 1. The maximum atomic E-state index is 13.2. The van der Waals surface area contributed by atoms with E-state index in [0.29, 0.717) is 6.54 Å². The highest BCUT2D eigenvalue weighted by Crippen LogP contribution is 2.36. The number of carbonyl (C=O) groups is 2. The number of piperidine rings is 1. The minimum Gasteiger partial charge on any atom is -0.481 e. The first-order valence-corrected chi connectivity index (χ1v) is 9.15. The second-order valence-corrected chi connectivity index (χ2v) is 7.80. The molecule has 2 atom stereocenters. The van der Waals surface area contributed by atoms with Gasteiger partial charge in [-0.15, -0.1) is 0 Å². The van der Waals surface area contributed by atoms with Crippen LogP contribution in [0.15, 0.2) is 54.9 Å². The first kappa shape index (κ1) is 19.2. The van der Waals surface area contributed by atoms with Gasteiger partial charge in [-0.3, -0.25) is 9.59 Å². The Hall–Kier alpha value is -2.60. The van der Waals surface area contributed by atoms with E-state index in [-0.39, 0.29) is 25.3 Å². The van der Waals surface area contributed by atoms with Gasteiger partial charge in [-0.1, -0.05) is 30.3 Å². The molecule has 0 radical (unpaired) electrons. The van der Waals surface area contributed by atoms with Crippen molar-refractivity contribution in [3.8, 4) is 0 Å². The van der Waals surface area contributed by atoms with Gasteiger partial charge < -0.3 is 19.7 Å². The van der Waals surface area contributed by atoms with E-state index in [4.69, 9.17) is 0 Å². The van der Waals surface area contributed by atoms with Crippen LogP contribution < -0.4 is 0 Å². The first-order valence-electron chi connectivity index (χ1n) is 9.15. The normalized spacial score (nSPS) is 23.2. The van der Waals surface area contributed by atoms with Gasteiger partial charge in [0.05, 0.1) is 6.10 Å². The molecule has 144 valence electrons. The third-order valence-corrected chi connectivity index (χ3v) is 5.63. The second-order valence-electron chi connectivity index (χ2n) is 7.80. The highest BCUT2D eigenvalue weighted by atomic mass is 16.4. The molecule has 2 heterocycles. The highest BCUT2D eigenvalue weighted by molar-refractivity contribution is 5.85. The molecule has 1 aliphatic heterocycles. The fourth-order valence-corrected chi connectivity index (χ4v) is 3.88. The number of nitrogens with zero attached hydrogens (tertiary/aromatic N) is 2. The molecular weight excluding hydrogens is 344 g/mol. The topological polar surface area (TPSA) is 82.8 Å². The summed E-state index contributed by atoms with van der Waals surface area (Å²) in [5.41, 5.74) is -1.41. The molecule has 1 aromatic heterocycles. The zero-order valence-corrected chi connectivity index (χ0v) is 15.7. The third kappa shape index (κ3) is 3.49. The van der Waals surface area contributed by atoms with Gasteiger partial charge in [-0.2, -0.15) is 0 Å². The van der Waals surface area contributed by atoms with E-state index in [2.05, 4.69) is 0 Å². The molecule has 0 bridgehead atoms. The Morgan fingerprint density at radius 3 is 2.37 bits per heavy atom. The first-order chi connectivity index (χ1) is 12.8. The summed E-state index contributed by atoms with van der Waals surface area (Å²) in [6.45, 7) is 3.97. The van der Waals surface area contributed by atoms with Gasteiger partial charge in [0.1, 0.15) is 11.0 Å². The van der Waals surface area contributed by atoms with Crippen LogP contribution in [0, 0.1) is 5.41 Å². The fourth-order valence-electron chi connectivity index (χ4n) is 3.88. The third-order valence-electron chi connectivity index (χ3n) is 5.63. The number of carbonyl (C=O) groups excluding carboxylic acids is 1. The molecule has 0 saturated carbocycles. The Kier molecular flexibility index (Phi) is 5.11. The lowest BCUT2D eigenvalue weighted by Crippen LogP contribution is -2.61. The lowest BCUT2D eigenvalue weighted by molar-refractivity contribution is -0.167. The largest absolute Gasteiger partial charge is 0.481 e. The molecule has 0 aliphatic carbocycles. The molecule has 0 unspecified atom stereocenters. The summed E-state index contributed by atoms with van der Waals surface area (Å²) in [5, 5.41) is 20.6. The zero-order valence-electron chi connectivity index (χ0n) is 15.7. The summed E-state index contributed by atoms with van der Waals surface area (Å²) in [7, 11) is 0. The van der Waals surface area contributed by atoms with E-state index in [1.165, 1.54) is 0 Å². The number of hydrogen-bond acceptors (Lipinski definition) is 3. The van der Waals surface area contributed by atoms with Crippen LogP contribution in [0.25, 0.3) is 0 Å². The SMILES string of the molecule is CC(C)(C(=O)N1CC[C@H](O)[C@@](Cc2ccccc2)(C(=O)O)C1)n1cccc1. The van der Waals surface area contributed by atoms with Gasteiger partial charge >= 0.3 is 5.97 Å². The number of rotatable bonds is 5. The monoisotopic (exact) mass is 370 g/mol. The summed E-state index contributed by atoms with van der Waals surface area (Å²) in [6.07, 6.45) is 3.06. The molecular formula is C21H26N2O4. The Labute approximate surface area is 159 Å². The van der Waals surface area contributed by atoms with Crippen LogP contribution in [0.5, 0.6) is 0 Å². The molecule has 3 rings (SSSR count). The minimum absolute atomic E-state index is 0.0120. The summed E-state index contributed by atoms with van der Waals surface area (Å²) in [4.78, 5) is 27.0. The van der Waals surface area contributed by atoms with Crippen LogP contribution in [0.2, 0.25) is 0 Å². The highest BCUT2D eigenvalue weighted by Gasteiger charge is 2.51. The van der Waals surface area contributed by atoms with Crippen molar-refractivity contribution in [1.82, 2.24) is 9.47 Å². The molecule has 1 saturated heterocycles. The van der Waals surface area contributed by atoms with E-state index in [9.17, 15) is 19.8 Å². The number of aromatic nitrogens is 1. The van der Waals surface area contributed by atoms with Gasteiger partial charge in [-0.25, -0.2) is 0 Å². The number of aliphatic hydroxyl groups excluding tert-OH is 1. The maximum absolute atomic E-state index is 13.2. The number of amides is 1. The number of aliphatic hydroxyl groups is 1. The van der Waals surface area contributed by atoms with Crippen LogP contribution in [0.4, 0.5) is 0 Å². The summed E-state index contributed by atoms with van der Waals surface area (Å²) >= 11 is 0. The molecule has 2 aromatic rings. The van der Waals surface area contributed by atoms with E-state index in [1.54, 1.807) is 4.90 Å². The van der Waals surface area contributed by atoms with E-state index >= 15 is 0 Å². The van der Waals surface area contributed by atoms with Crippen molar-refractivity contribution in [1.29, 1.82) is 0 Å². The Balaban J connectivity index is 1.89. The zero-order chi connectivity index (χ0) is 19.7. The Bertz CT molecular complexity index is 801. The lowest BCUT2D eigenvalue weighted by Gasteiger charge is -2.45. The number of hydrogen-bond donors (Lipinski definition) is 2. The van der Waals surface area contributed by atoms with Crippen molar-refractivity contribution < 1.29 is 19.8 Å².